The molecule has 0 spiro atoms. The number of carbonyl (C=O) groups excluding carboxylic acids is 4. The summed E-state index contributed by atoms with van der Waals surface area (Å²) < 4.78 is 36.8. The number of hydrogen-bond donors (Lipinski definition) is 3. The molecule has 0 radical (unpaired) electrons. The van der Waals surface area contributed by atoms with Crippen molar-refractivity contribution in [1.29, 1.82) is 0 Å². The fourth-order valence-corrected chi connectivity index (χ4v) is 5.36. The van der Waals surface area contributed by atoms with Crippen LogP contribution >= 0.6 is 11.6 Å². The van der Waals surface area contributed by atoms with Crippen molar-refractivity contribution >= 4 is 47.1 Å². The van der Waals surface area contributed by atoms with Crippen molar-refractivity contribution in [3.8, 4) is 0 Å². The lowest BCUT2D eigenvalue weighted by Gasteiger charge is -2.32. The van der Waals surface area contributed by atoms with Crippen molar-refractivity contribution in [2.45, 2.75) is 37.6 Å². The third-order valence-electron chi connectivity index (χ3n) is 7.30. The zero-order chi connectivity index (χ0) is 32.1. The SMILES string of the molecule is CC[C@@]1(C(=O)OC)N[C@H](CN(C)C(=O)Nc2ccc(Cl)cc2)[C@@H]2C(=O)N(Cc3ccccc3)C(=O)[C@@H]21.O=C(O)C(F)(F)F. The smallest absolute Gasteiger partial charge is 0.475 e. The summed E-state index contributed by atoms with van der Waals surface area (Å²) >= 11 is 5.91. The summed E-state index contributed by atoms with van der Waals surface area (Å²) in [6.07, 6.45) is -4.84. The first-order valence-corrected chi connectivity index (χ1v) is 13.4. The first-order valence-electron chi connectivity index (χ1n) is 13.0. The van der Waals surface area contributed by atoms with Gasteiger partial charge in [0.15, 0.2) is 0 Å². The first-order chi connectivity index (χ1) is 20.2. The molecular formula is C28H30ClF3N4O7. The number of nitrogens with one attached hydrogen (secondary N) is 2. The predicted molar refractivity (Wildman–Crippen MR) is 148 cm³/mol. The number of carboxylic acid groups (broad SMARTS) is 1. The van der Waals surface area contributed by atoms with E-state index in [9.17, 15) is 32.3 Å². The molecule has 11 nitrogen and oxygen atoms in total. The van der Waals surface area contributed by atoms with Crippen molar-refractivity contribution in [3.05, 3.63) is 65.2 Å². The molecule has 4 atom stereocenters. The highest BCUT2D eigenvalue weighted by molar-refractivity contribution is 6.30. The number of esters is 1. The molecule has 2 saturated heterocycles. The maximum Gasteiger partial charge on any atom is 0.490 e. The lowest BCUT2D eigenvalue weighted by molar-refractivity contribution is -0.192. The van der Waals surface area contributed by atoms with E-state index in [2.05, 4.69) is 10.6 Å². The van der Waals surface area contributed by atoms with Crippen LogP contribution in [0.1, 0.15) is 18.9 Å². The highest BCUT2D eigenvalue weighted by atomic mass is 35.5. The van der Waals surface area contributed by atoms with Gasteiger partial charge < -0.3 is 20.1 Å². The summed E-state index contributed by atoms with van der Waals surface area (Å²) in [6, 6.07) is 14.9. The topological polar surface area (TPSA) is 145 Å². The molecular weight excluding hydrogens is 597 g/mol. The zero-order valence-electron chi connectivity index (χ0n) is 23.4. The van der Waals surface area contributed by atoms with E-state index in [1.165, 1.54) is 16.9 Å². The second-order valence-corrected chi connectivity index (χ2v) is 10.4. The van der Waals surface area contributed by atoms with Gasteiger partial charge in [-0.2, -0.15) is 13.2 Å². The Bertz CT molecular complexity index is 1360. The number of urea groups is 1. The van der Waals surface area contributed by atoms with Gasteiger partial charge in [0.05, 0.1) is 25.5 Å². The van der Waals surface area contributed by atoms with Gasteiger partial charge in [-0.3, -0.25) is 24.6 Å². The number of likely N-dealkylation sites (tertiary alicyclic amines) is 1. The molecule has 4 amide bonds. The molecule has 2 aromatic rings. The minimum Gasteiger partial charge on any atom is -0.475 e. The van der Waals surface area contributed by atoms with Crippen LogP contribution in [0.5, 0.6) is 0 Å². The molecule has 43 heavy (non-hydrogen) atoms. The van der Waals surface area contributed by atoms with E-state index < -0.39 is 53.5 Å². The molecule has 0 saturated carbocycles. The average molecular weight is 627 g/mol. The molecule has 2 aliphatic heterocycles. The minimum atomic E-state index is -5.08. The summed E-state index contributed by atoms with van der Waals surface area (Å²) in [6.45, 7) is 1.99. The molecule has 2 fully saturated rings. The van der Waals surface area contributed by atoms with E-state index in [-0.39, 0.29) is 25.4 Å². The summed E-state index contributed by atoms with van der Waals surface area (Å²) in [7, 11) is 2.85. The van der Waals surface area contributed by atoms with E-state index in [0.29, 0.717) is 10.7 Å². The lowest BCUT2D eigenvalue weighted by atomic mass is 9.78. The summed E-state index contributed by atoms with van der Waals surface area (Å²) in [5, 5.41) is 13.7. The van der Waals surface area contributed by atoms with Crippen LogP contribution in [-0.2, 0) is 30.5 Å². The van der Waals surface area contributed by atoms with Crippen molar-refractivity contribution < 1.29 is 47.0 Å². The number of rotatable bonds is 7. The average Bonchev–Trinajstić information content (AvgIpc) is 3.43. The van der Waals surface area contributed by atoms with Gasteiger partial charge in [-0.05, 0) is 36.2 Å². The third-order valence-corrected chi connectivity index (χ3v) is 7.55. The number of alkyl halides is 3. The van der Waals surface area contributed by atoms with Gasteiger partial charge in [0, 0.05) is 30.3 Å². The maximum absolute atomic E-state index is 13.6. The van der Waals surface area contributed by atoms with Crippen LogP contribution in [-0.4, -0.2) is 83.1 Å². The Morgan fingerprint density at radius 2 is 1.67 bits per heavy atom. The van der Waals surface area contributed by atoms with Crippen LogP contribution < -0.4 is 10.6 Å². The monoisotopic (exact) mass is 626 g/mol. The second-order valence-electron chi connectivity index (χ2n) is 9.94. The first kappa shape index (κ1) is 33.3. The zero-order valence-corrected chi connectivity index (χ0v) is 24.1. The van der Waals surface area contributed by atoms with Crippen molar-refractivity contribution in [3.63, 3.8) is 0 Å². The highest BCUT2D eigenvalue weighted by Gasteiger charge is 2.67. The maximum atomic E-state index is 13.6. The molecule has 0 aromatic heterocycles. The van der Waals surface area contributed by atoms with Crippen LogP contribution in [0, 0.1) is 11.8 Å². The normalized spacial score (nSPS) is 22.8. The number of benzene rings is 2. The number of imide groups is 1. The number of ether oxygens (including phenoxy) is 1. The van der Waals surface area contributed by atoms with E-state index in [4.69, 9.17) is 26.2 Å². The molecule has 4 rings (SSSR count). The van der Waals surface area contributed by atoms with E-state index in [0.717, 1.165) is 5.56 Å². The Morgan fingerprint density at radius 3 is 2.19 bits per heavy atom. The number of carbonyl (C=O) groups is 5. The Labute approximate surface area is 249 Å². The van der Waals surface area contributed by atoms with Gasteiger partial charge in [0.25, 0.3) is 0 Å². The van der Waals surface area contributed by atoms with Gasteiger partial charge in [-0.25, -0.2) is 9.59 Å². The minimum absolute atomic E-state index is 0.0948. The molecule has 15 heteroatoms. The van der Waals surface area contributed by atoms with Crippen LogP contribution in [0.4, 0.5) is 23.7 Å². The number of aliphatic carboxylic acids is 1. The summed E-state index contributed by atoms with van der Waals surface area (Å²) in [5.74, 6) is -5.87. The number of hydrogen-bond acceptors (Lipinski definition) is 7. The van der Waals surface area contributed by atoms with Crippen LogP contribution in [0.2, 0.25) is 5.02 Å². The molecule has 232 valence electrons. The number of carboxylic acids is 1. The Kier molecular flexibility index (Phi) is 10.4. The number of amides is 4. The third kappa shape index (κ3) is 7.25. The number of fused-ring (bicyclic) bond motifs is 1. The number of likely N-dealkylation sites (N-methyl/N-ethyl adjacent to an activating group) is 1. The fraction of sp³-hybridized carbons (Fsp3) is 0.393. The summed E-state index contributed by atoms with van der Waals surface area (Å²) in [5.41, 5.74) is 0.00546. The van der Waals surface area contributed by atoms with Gasteiger partial charge >= 0.3 is 24.1 Å². The number of nitrogens with zero attached hydrogens (tertiary/aromatic N) is 2. The van der Waals surface area contributed by atoms with E-state index >= 15 is 0 Å². The predicted octanol–water partition coefficient (Wildman–Crippen LogP) is 3.53. The molecule has 2 heterocycles. The molecule has 0 unspecified atom stereocenters. The van der Waals surface area contributed by atoms with Crippen LogP contribution in [0.25, 0.3) is 0 Å². The largest absolute Gasteiger partial charge is 0.490 e. The van der Waals surface area contributed by atoms with Crippen molar-refractivity contribution in [2.75, 3.05) is 26.0 Å². The van der Waals surface area contributed by atoms with Crippen molar-refractivity contribution in [2.24, 2.45) is 11.8 Å². The summed E-state index contributed by atoms with van der Waals surface area (Å²) in [4.78, 5) is 64.5. The molecule has 2 aromatic carbocycles. The molecule has 0 aliphatic carbocycles. The quantitative estimate of drug-likeness (QED) is 0.313. The van der Waals surface area contributed by atoms with Crippen LogP contribution in [0.3, 0.4) is 0 Å². The Morgan fingerprint density at radius 1 is 1.09 bits per heavy atom. The molecule has 2 aliphatic rings. The van der Waals surface area contributed by atoms with Gasteiger partial charge in [0.1, 0.15) is 5.54 Å². The number of anilines is 1. The van der Waals surface area contributed by atoms with Crippen LogP contribution in [0.15, 0.2) is 54.6 Å². The lowest BCUT2D eigenvalue weighted by Crippen LogP contribution is -2.58. The van der Waals surface area contributed by atoms with E-state index in [1.54, 1.807) is 38.2 Å². The standard InChI is InChI=1S/C26H29ClN4O5.C2HF3O2/c1-4-26(24(34)36-3)21-20(22(32)31(23(21)33)14-16-8-6-5-7-9-16)19(29-26)15-30(2)25(35)28-18-12-10-17(27)11-13-18;3-2(4,5)1(6)7/h5-13,19-21,29H,4,14-15H2,1-3H3,(H,28,35);(H,6,7)/t19-,20+,21-,26-;/m1./s1. The molecule has 3 N–H and O–H groups in total. The van der Waals surface area contributed by atoms with Crippen molar-refractivity contribution in [1.82, 2.24) is 15.1 Å². The molecule has 0 bridgehead atoms. The number of halogens is 4. The highest BCUT2D eigenvalue weighted by Crippen LogP contribution is 2.45. The van der Waals surface area contributed by atoms with Gasteiger partial charge in [0.2, 0.25) is 11.8 Å². The number of methoxy groups -OCH3 is 1. The van der Waals surface area contributed by atoms with E-state index in [1.807, 2.05) is 30.3 Å². The second kappa shape index (κ2) is 13.4. The fourth-order valence-electron chi connectivity index (χ4n) is 5.23. The Hall–Kier alpha value is -4.17. The van der Waals surface area contributed by atoms with Gasteiger partial charge in [-0.15, -0.1) is 0 Å². The van der Waals surface area contributed by atoms with Gasteiger partial charge in [-0.1, -0.05) is 48.9 Å². The Balaban J connectivity index is 0.000000646.